The van der Waals surface area contributed by atoms with E-state index >= 15 is 0 Å². The molecule has 0 atom stereocenters. The molecule has 14 rings (SSSR count). The van der Waals surface area contributed by atoms with Crippen LogP contribution < -0.4 is 0 Å². The van der Waals surface area contributed by atoms with E-state index in [2.05, 4.69) is 215 Å². The third-order valence-corrected chi connectivity index (χ3v) is 13.2. The summed E-state index contributed by atoms with van der Waals surface area (Å²) < 4.78 is 4.79. The number of fused-ring (bicyclic) bond motifs is 11. The Balaban J connectivity index is 0.858. The molecule has 10 aromatic carbocycles. The number of nitrogens with zero attached hydrogens (tertiary/aromatic N) is 4. The minimum atomic E-state index is 0.751. The molecule has 1 aliphatic carbocycles. The molecule has 13 aromatic rings. The fraction of sp³-hybridized carbons (Fsp3) is 0. The summed E-state index contributed by atoms with van der Waals surface area (Å²) >= 11 is 0. The first kappa shape index (κ1) is 33.5. The Morgan fingerprint density at radius 3 is 1.74 bits per heavy atom. The van der Waals surface area contributed by atoms with Crippen molar-refractivity contribution in [2.24, 2.45) is 0 Å². The normalized spacial score (nSPS) is 12.2. The standard InChI is InChI=1S/C58H34N4/c1-2-11-42(12-3-1)61-52-19-8-7-15-46(52)50-33-41-30-35(21-22-39(41)34-55(50)61)38-26-28-54-49(32-38)45-14-6-9-20-53(45)62(54)43-27-25-36-29-40(24-23-37(36)31-43)58-59-51-18-10-17-47-44-13-4-5-16-48(44)57(60-58)56(47)51/h1-34H. The quantitative estimate of drug-likeness (QED) is 0.178. The van der Waals surface area contributed by atoms with Gasteiger partial charge >= 0.3 is 0 Å². The Morgan fingerprint density at radius 2 is 0.903 bits per heavy atom. The molecule has 0 radical (unpaired) electrons. The molecule has 0 N–H and O–H groups in total. The second-order valence-electron chi connectivity index (χ2n) is 16.6. The van der Waals surface area contributed by atoms with Crippen LogP contribution in [-0.4, -0.2) is 19.1 Å². The van der Waals surface area contributed by atoms with E-state index < -0.39 is 0 Å². The maximum Gasteiger partial charge on any atom is 0.160 e. The lowest BCUT2D eigenvalue weighted by atomic mass is 9.98. The minimum Gasteiger partial charge on any atom is -0.309 e. The van der Waals surface area contributed by atoms with Gasteiger partial charge in [-0.05, 0) is 123 Å². The fourth-order valence-corrected chi connectivity index (χ4v) is 10.3. The molecule has 0 saturated carbocycles. The molecule has 0 saturated heterocycles. The fourth-order valence-electron chi connectivity index (χ4n) is 10.3. The highest BCUT2D eigenvalue weighted by molar-refractivity contribution is 6.15. The number of para-hydroxylation sites is 3. The molecule has 4 heteroatoms. The van der Waals surface area contributed by atoms with Gasteiger partial charge in [-0.25, -0.2) is 9.97 Å². The average molecular weight is 787 g/mol. The van der Waals surface area contributed by atoms with Crippen molar-refractivity contribution in [1.82, 2.24) is 19.1 Å². The average Bonchev–Trinajstić information content (AvgIpc) is 3.96. The van der Waals surface area contributed by atoms with Crippen LogP contribution in [0.15, 0.2) is 206 Å². The lowest BCUT2D eigenvalue weighted by molar-refractivity contribution is 1.18. The van der Waals surface area contributed by atoms with Crippen molar-refractivity contribution in [2.75, 3.05) is 0 Å². The third-order valence-electron chi connectivity index (χ3n) is 13.2. The lowest BCUT2D eigenvalue weighted by Crippen LogP contribution is -1.95. The van der Waals surface area contributed by atoms with E-state index in [4.69, 9.17) is 9.97 Å². The SMILES string of the molecule is c1ccc(-n2c3ccccc3c3cc4cc(-c5ccc6c(c5)c5ccccc5n6-c5ccc6cc(-c7nc8c9c(cccc9n7)-c7ccccc7-8)ccc6c5)ccc4cc32)cc1. The van der Waals surface area contributed by atoms with Crippen molar-refractivity contribution in [3.63, 3.8) is 0 Å². The first-order chi connectivity index (χ1) is 30.7. The van der Waals surface area contributed by atoms with E-state index in [0.29, 0.717) is 0 Å². The molecule has 0 fully saturated rings. The van der Waals surface area contributed by atoms with Gasteiger partial charge in [0, 0.05) is 49.4 Å². The largest absolute Gasteiger partial charge is 0.309 e. The van der Waals surface area contributed by atoms with Crippen molar-refractivity contribution in [3.05, 3.63) is 206 Å². The monoisotopic (exact) mass is 786 g/mol. The summed E-state index contributed by atoms with van der Waals surface area (Å²) in [5.41, 5.74) is 16.2. The van der Waals surface area contributed by atoms with Crippen LogP contribution >= 0.6 is 0 Å². The molecule has 0 amide bonds. The summed E-state index contributed by atoms with van der Waals surface area (Å²) in [6.07, 6.45) is 0. The van der Waals surface area contributed by atoms with Gasteiger partial charge in [0.25, 0.3) is 0 Å². The van der Waals surface area contributed by atoms with Gasteiger partial charge < -0.3 is 9.13 Å². The Kier molecular flexibility index (Phi) is 6.80. The topological polar surface area (TPSA) is 35.6 Å². The number of hydrogen-bond acceptors (Lipinski definition) is 2. The van der Waals surface area contributed by atoms with Crippen LogP contribution in [0.25, 0.3) is 132 Å². The molecule has 0 spiro atoms. The lowest BCUT2D eigenvalue weighted by Gasteiger charge is -2.11. The van der Waals surface area contributed by atoms with E-state index in [1.54, 1.807) is 0 Å². The van der Waals surface area contributed by atoms with E-state index in [-0.39, 0.29) is 0 Å². The van der Waals surface area contributed by atoms with E-state index in [1.807, 2.05) is 0 Å². The second-order valence-corrected chi connectivity index (χ2v) is 16.6. The molecule has 4 nitrogen and oxygen atoms in total. The summed E-state index contributed by atoms with van der Waals surface area (Å²) in [5, 5.41) is 10.9. The molecule has 3 aromatic heterocycles. The summed E-state index contributed by atoms with van der Waals surface area (Å²) in [7, 11) is 0. The molecular weight excluding hydrogens is 753 g/mol. The van der Waals surface area contributed by atoms with Crippen molar-refractivity contribution >= 4 is 76.1 Å². The van der Waals surface area contributed by atoms with Crippen molar-refractivity contribution in [1.29, 1.82) is 0 Å². The Hall–Kier alpha value is -8.34. The van der Waals surface area contributed by atoms with Crippen LogP contribution in [0.2, 0.25) is 0 Å². The number of benzene rings is 10. The van der Waals surface area contributed by atoms with Crippen LogP contribution in [0.4, 0.5) is 0 Å². The zero-order valence-electron chi connectivity index (χ0n) is 33.4. The van der Waals surface area contributed by atoms with Gasteiger partial charge in [-0.2, -0.15) is 0 Å². The molecule has 0 bridgehead atoms. The Morgan fingerprint density at radius 1 is 0.306 bits per heavy atom. The molecule has 62 heavy (non-hydrogen) atoms. The maximum atomic E-state index is 5.18. The third kappa shape index (κ3) is 4.77. The Bertz CT molecular complexity index is 4040. The van der Waals surface area contributed by atoms with Gasteiger partial charge in [0.1, 0.15) is 0 Å². The molecule has 1 aliphatic rings. The number of aromatic nitrogens is 4. The Labute approximate surface area is 356 Å². The molecular formula is C58H34N4. The molecule has 0 unspecified atom stereocenters. The van der Waals surface area contributed by atoms with Gasteiger partial charge in [-0.15, -0.1) is 0 Å². The highest BCUT2D eigenvalue weighted by Crippen LogP contribution is 2.46. The van der Waals surface area contributed by atoms with Gasteiger partial charge in [0.2, 0.25) is 0 Å². The van der Waals surface area contributed by atoms with Crippen LogP contribution in [-0.2, 0) is 0 Å². The van der Waals surface area contributed by atoms with Gasteiger partial charge in [0.15, 0.2) is 5.82 Å². The van der Waals surface area contributed by atoms with Crippen LogP contribution in [0.5, 0.6) is 0 Å². The second kappa shape index (κ2) is 12.6. The molecule has 286 valence electrons. The smallest absolute Gasteiger partial charge is 0.160 e. The van der Waals surface area contributed by atoms with Gasteiger partial charge in [-0.3, -0.25) is 0 Å². The summed E-state index contributed by atoms with van der Waals surface area (Å²) in [5.74, 6) is 0.751. The summed E-state index contributed by atoms with van der Waals surface area (Å²) in [4.78, 5) is 10.3. The maximum absolute atomic E-state index is 5.18. The predicted octanol–water partition coefficient (Wildman–Crippen LogP) is 15.1. The van der Waals surface area contributed by atoms with Crippen molar-refractivity contribution in [2.45, 2.75) is 0 Å². The number of rotatable bonds is 4. The number of hydrogen-bond donors (Lipinski definition) is 0. The highest BCUT2D eigenvalue weighted by atomic mass is 15.0. The van der Waals surface area contributed by atoms with Crippen molar-refractivity contribution < 1.29 is 0 Å². The van der Waals surface area contributed by atoms with Crippen LogP contribution in [0.3, 0.4) is 0 Å². The van der Waals surface area contributed by atoms with Gasteiger partial charge in [-0.1, -0.05) is 127 Å². The van der Waals surface area contributed by atoms with Crippen molar-refractivity contribution in [3.8, 4) is 56.3 Å². The van der Waals surface area contributed by atoms with E-state index in [9.17, 15) is 0 Å². The van der Waals surface area contributed by atoms with Crippen LogP contribution in [0.1, 0.15) is 0 Å². The summed E-state index contributed by atoms with van der Waals surface area (Å²) in [6, 6.07) is 75.1. The first-order valence-electron chi connectivity index (χ1n) is 21.2. The minimum absolute atomic E-state index is 0.751. The van der Waals surface area contributed by atoms with Crippen LogP contribution in [0, 0.1) is 0 Å². The predicted molar refractivity (Wildman–Crippen MR) is 259 cm³/mol. The molecule has 3 heterocycles. The van der Waals surface area contributed by atoms with E-state index in [0.717, 1.165) is 39.1 Å². The van der Waals surface area contributed by atoms with E-state index in [1.165, 1.54) is 93.3 Å². The zero-order chi connectivity index (χ0) is 40.5. The first-order valence-corrected chi connectivity index (χ1v) is 21.2. The summed E-state index contributed by atoms with van der Waals surface area (Å²) in [6.45, 7) is 0. The zero-order valence-corrected chi connectivity index (χ0v) is 33.4. The molecule has 0 aliphatic heterocycles. The van der Waals surface area contributed by atoms with Gasteiger partial charge in [0.05, 0.1) is 33.3 Å². The highest BCUT2D eigenvalue weighted by Gasteiger charge is 2.24.